The number of ether oxygens (including phenoxy) is 2. The molecule has 1 aromatic rings. The van der Waals surface area contributed by atoms with Crippen LogP contribution in [0, 0.1) is 7.27 Å². The van der Waals surface area contributed by atoms with E-state index in [1.807, 2.05) is 45.2 Å². The van der Waals surface area contributed by atoms with Gasteiger partial charge in [-0.25, -0.2) is 9.59 Å². The first-order valence-electron chi connectivity index (χ1n) is 5.76. The lowest BCUT2D eigenvalue weighted by atomic mass is 10.1. The van der Waals surface area contributed by atoms with Crippen molar-refractivity contribution in [1.82, 2.24) is 4.57 Å². The monoisotopic (exact) mass is 517 g/mol. The smallest absolute Gasteiger partial charge is 0.376 e. The maximum atomic E-state index is 12.2. The predicted octanol–water partition coefficient (Wildman–Crippen LogP) is 2.34. The predicted molar refractivity (Wildman–Crippen MR) is 92.1 cm³/mol. The van der Waals surface area contributed by atoms with Gasteiger partial charge in [-0.05, 0) is 57.7 Å². The minimum absolute atomic E-state index is 0.193. The number of nitrogens with zero attached hydrogens (tertiary/aromatic N) is 1. The molecule has 1 atom stereocenters. The van der Waals surface area contributed by atoms with E-state index < -0.39 is 23.8 Å². The zero-order valence-electron chi connectivity index (χ0n) is 11.4. The molecular formula is C13H13I2NO5. The van der Waals surface area contributed by atoms with Crippen LogP contribution in [0.4, 0.5) is 0 Å². The van der Waals surface area contributed by atoms with Crippen molar-refractivity contribution in [3.05, 3.63) is 31.7 Å². The lowest BCUT2D eigenvalue weighted by Crippen LogP contribution is -2.30. The van der Waals surface area contributed by atoms with Crippen molar-refractivity contribution >= 4 is 62.9 Å². The Labute approximate surface area is 149 Å². The summed E-state index contributed by atoms with van der Waals surface area (Å²) in [7, 11) is 2.39. The van der Waals surface area contributed by atoms with Gasteiger partial charge in [-0.2, -0.15) is 0 Å². The topological polar surface area (TPSA) is 74.6 Å². The van der Waals surface area contributed by atoms with Crippen LogP contribution in [0.3, 0.4) is 0 Å². The highest BCUT2D eigenvalue weighted by molar-refractivity contribution is 14.1. The second kappa shape index (κ2) is 7.92. The molecule has 0 aliphatic carbocycles. The van der Waals surface area contributed by atoms with Gasteiger partial charge in [0.2, 0.25) is 0 Å². The lowest BCUT2D eigenvalue weighted by molar-refractivity contribution is -0.153. The van der Waals surface area contributed by atoms with E-state index in [1.165, 1.54) is 17.8 Å². The van der Waals surface area contributed by atoms with Crippen molar-refractivity contribution in [2.45, 2.75) is 12.5 Å². The lowest BCUT2D eigenvalue weighted by Gasteiger charge is -2.18. The highest BCUT2D eigenvalue weighted by Gasteiger charge is 2.32. The fourth-order valence-electron chi connectivity index (χ4n) is 1.76. The Morgan fingerprint density at radius 1 is 1.33 bits per heavy atom. The summed E-state index contributed by atoms with van der Waals surface area (Å²) in [5.41, 5.74) is 0.204. The van der Waals surface area contributed by atoms with Crippen molar-refractivity contribution in [3.8, 4) is 0 Å². The Bertz CT molecular complexity index is 594. The van der Waals surface area contributed by atoms with Crippen molar-refractivity contribution < 1.29 is 23.9 Å². The molecule has 114 valence electrons. The van der Waals surface area contributed by atoms with Crippen LogP contribution >= 0.6 is 45.2 Å². The number of Topliss-reactive ketones (excluding diaryl/α,β-unsaturated/α-hetero) is 1. The summed E-state index contributed by atoms with van der Waals surface area (Å²) >= 11 is 4.05. The molecule has 0 spiro atoms. The van der Waals surface area contributed by atoms with Crippen LogP contribution in [0.25, 0.3) is 0 Å². The molecule has 0 aliphatic heterocycles. The highest BCUT2D eigenvalue weighted by Crippen LogP contribution is 2.28. The van der Waals surface area contributed by atoms with Crippen LogP contribution in [0.1, 0.15) is 23.0 Å². The first kappa shape index (κ1) is 18.1. The molecule has 6 nitrogen and oxygen atoms in total. The molecular weight excluding hydrogens is 504 g/mol. The second-order valence-corrected chi connectivity index (χ2v) is 6.11. The minimum Gasteiger partial charge on any atom is -0.464 e. The summed E-state index contributed by atoms with van der Waals surface area (Å²) in [5, 5.41) is 0. The number of rotatable bonds is 6. The van der Waals surface area contributed by atoms with Gasteiger partial charge >= 0.3 is 11.9 Å². The molecule has 0 N–H and O–H groups in total. The van der Waals surface area contributed by atoms with Crippen molar-refractivity contribution in [1.29, 1.82) is 0 Å². The van der Waals surface area contributed by atoms with Crippen LogP contribution in [0.15, 0.2) is 18.7 Å². The number of halogens is 2. The Morgan fingerprint density at radius 3 is 2.43 bits per heavy atom. The number of hydrogen-bond donors (Lipinski definition) is 0. The fraction of sp³-hybridized carbons (Fsp3) is 0.308. The molecule has 8 heteroatoms. The van der Waals surface area contributed by atoms with Crippen LogP contribution in [-0.2, 0) is 19.1 Å². The van der Waals surface area contributed by atoms with E-state index in [9.17, 15) is 14.4 Å². The van der Waals surface area contributed by atoms with Gasteiger partial charge in [0, 0.05) is 3.57 Å². The van der Waals surface area contributed by atoms with E-state index in [1.54, 1.807) is 6.07 Å². The molecule has 0 amide bonds. The third-order valence-corrected chi connectivity index (χ3v) is 5.67. The fourth-order valence-corrected chi connectivity index (χ4v) is 3.07. The standard InChI is InChI=1S/C13H13I2NO5/c1-4-5-8(10(17)13(19)21-3)16-9(12(18)20-2)6-7(14)11(16)15/h4,6,8H,1,5H2,2-3H3. The first-order valence-corrected chi connectivity index (χ1v) is 7.92. The first-order chi connectivity index (χ1) is 9.88. The van der Waals surface area contributed by atoms with Gasteiger partial charge in [0.05, 0.1) is 17.9 Å². The van der Waals surface area contributed by atoms with Crippen LogP contribution in [-0.4, -0.2) is 36.5 Å². The number of aromatic nitrogens is 1. The van der Waals surface area contributed by atoms with Gasteiger partial charge in [0.25, 0.3) is 5.78 Å². The molecule has 1 heterocycles. The van der Waals surface area contributed by atoms with Gasteiger partial charge in [-0.3, -0.25) is 4.79 Å². The summed E-state index contributed by atoms with van der Waals surface area (Å²) in [4.78, 5) is 35.6. The number of allylic oxidation sites excluding steroid dienone is 1. The second-order valence-electron chi connectivity index (χ2n) is 3.93. The molecule has 0 fully saturated rings. The van der Waals surface area contributed by atoms with Crippen molar-refractivity contribution in [2.24, 2.45) is 0 Å². The van der Waals surface area contributed by atoms with Crippen LogP contribution in [0.2, 0.25) is 0 Å². The summed E-state index contributed by atoms with van der Waals surface area (Å²) in [5.74, 6) is -2.28. The summed E-state index contributed by atoms with van der Waals surface area (Å²) < 4.78 is 12.1. The SMILES string of the molecule is C=CCC(C(=O)C(=O)OC)n1c(C(=O)OC)cc(I)c1I. The van der Waals surface area contributed by atoms with E-state index in [-0.39, 0.29) is 12.1 Å². The van der Waals surface area contributed by atoms with Gasteiger partial charge in [-0.1, -0.05) is 6.08 Å². The Hall–Kier alpha value is -0.910. The molecule has 21 heavy (non-hydrogen) atoms. The van der Waals surface area contributed by atoms with Crippen molar-refractivity contribution in [2.75, 3.05) is 14.2 Å². The van der Waals surface area contributed by atoms with Gasteiger partial charge in [0.1, 0.15) is 11.7 Å². The summed E-state index contributed by atoms with van der Waals surface area (Å²) in [6.45, 7) is 3.59. The van der Waals surface area contributed by atoms with Gasteiger partial charge in [0.15, 0.2) is 0 Å². The number of hydrogen-bond acceptors (Lipinski definition) is 5. The molecule has 1 rings (SSSR count). The van der Waals surface area contributed by atoms with Crippen LogP contribution < -0.4 is 0 Å². The van der Waals surface area contributed by atoms with Gasteiger partial charge in [-0.15, -0.1) is 6.58 Å². The summed E-state index contributed by atoms with van der Waals surface area (Å²) in [6.07, 6.45) is 1.70. The molecule has 1 aromatic heterocycles. The number of methoxy groups -OCH3 is 2. The van der Waals surface area contributed by atoms with Crippen LogP contribution in [0.5, 0.6) is 0 Å². The molecule has 0 aliphatic rings. The average molecular weight is 517 g/mol. The third-order valence-electron chi connectivity index (χ3n) is 2.72. The average Bonchev–Trinajstić information content (AvgIpc) is 2.78. The highest BCUT2D eigenvalue weighted by atomic mass is 127. The maximum absolute atomic E-state index is 12.2. The largest absolute Gasteiger partial charge is 0.464 e. The molecule has 0 aromatic carbocycles. The maximum Gasteiger partial charge on any atom is 0.376 e. The molecule has 0 radical (unpaired) electrons. The zero-order chi connectivity index (χ0) is 16.2. The zero-order valence-corrected chi connectivity index (χ0v) is 15.7. The number of carbonyl (C=O) groups excluding carboxylic acids is 3. The quantitative estimate of drug-likeness (QED) is 0.251. The molecule has 0 bridgehead atoms. The van der Waals surface area contributed by atoms with Crippen molar-refractivity contribution in [3.63, 3.8) is 0 Å². The van der Waals surface area contributed by atoms with E-state index in [2.05, 4.69) is 11.3 Å². The third kappa shape index (κ3) is 3.84. The number of esters is 2. The Balaban J connectivity index is 3.44. The Morgan fingerprint density at radius 2 is 1.95 bits per heavy atom. The molecule has 0 saturated carbocycles. The van der Waals surface area contributed by atoms with E-state index in [0.29, 0.717) is 3.70 Å². The number of ketones is 1. The normalized spacial score (nSPS) is 11.6. The van der Waals surface area contributed by atoms with E-state index >= 15 is 0 Å². The minimum atomic E-state index is -0.961. The number of carbonyl (C=O) groups is 3. The van der Waals surface area contributed by atoms with E-state index in [4.69, 9.17) is 4.74 Å². The Kier molecular flexibility index (Phi) is 6.84. The molecule has 0 saturated heterocycles. The molecule has 1 unspecified atom stereocenters. The summed E-state index contributed by atoms with van der Waals surface area (Å²) in [6, 6.07) is 0.717. The van der Waals surface area contributed by atoms with Gasteiger partial charge < -0.3 is 14.0 Å². The van der Waals surface area contributed by atoms with E-state index in [0.717, 1.165) is 10.7 Å².